The molecule has 5 nitrogen and oxygen atoms in total. The average Bonchev–Trinajstić information content (AvgIpc) is 2.70. The molecule has 0 radical (unpaired) electrons. The fourth-order valence-corrected chi connectivity index (χ4v) is 1.56. The summed E-state index contributed by atoms with van der Waals surface area (Å²) < 4.78 is 15.0. The Bertz CT molecular complexity index is 513. The van der Waals surface area contributed by atoms with E-state index in [1.165, 1.54) is 0 Å². The molecule has 90 valence electrons. The minimum atomic E-state index is -0.514. The smallest absolute Gasteiger partial charge is 0.224 e. The summed E-state index contributed by atoms with van der Waals surface area (Å²) in [6, 6.07) is 1.91. The quantitative estimate of drug-likeness (QED) is 0.845. The molecule has 0 aliphatic carbocycles. The molecule has 0 fully saturated rings. The second-order valence-electron chi connectivity index (χ2n) is 3.46. The van der Waals surface area contributed by atoms with Gasteiger partial charge in [-0.15, -0.1) is 0 Å². The van der Waals surface area contributed by atoms with Crippen LogP contribution in [0, 0.1) is 5.82 Å². The molecule has 0 saturated carbocycles. The van der Waals surface area contributed by atoms with E-state index in [0.717, 1.165) is 18.3 Å². The Morgan fingerprint density at radius 2 is 2.35 bits per heavy atom. The molecule has 0 saturated heterocycles. The lowest BCUT2D eigenvalue weighted by Crippen LogP contribution is -2.10. The molecule has 0 aromatic carbocycles. The van der Waals surface area contributed by atoms with E-state index in [2.05, 4.69) is 20.4 Å². The molecule has 17 heavy (non-hydrogen) atoms. The molecule has 2 rings (SSSR count). The van der Waals surface area contributed by atoms with Crippen LogP contribution >= 0.6 is 11.6 Å². The van der Waals surface area contributed by atoms with Gasteiger partial charge in [0.2, 0.25) is 5.28 Å². The van der Waals surface area contributed by atoms with E-state index >= 15 is 0 Å². The van der Waals surface area contributed by atoms with Gasteiger partial charge in [0.1, 0.15) is 0 Å². The lowest BCUT2D eigenvalue weighted by molar-refractivity contribution is 0.616. The van der Waals surface area contributed by atoms with Gasteiger partial charge in [0.15, 0.2) is 11.6 Å². The first kappa shape index (κ1) is 11.8. The number of halogens is 2. The largest absolute Gasteiger partial charge is 0.367 e. The van der Waals surface area contributed by atoms with Crippen LogP contribution in [0.3, 0.4) is 0 Å². The van der Waals surface area contributed by atoms with Crippen molar-refractivity contribution < 1.29 is 4.39 Å². The van der Waals surface area contributed by atoms with E-state index in [9.17, 15) is 4.39 Å². The molecule has 0 aliphatic rings. The summed E-state index contributed by atoms with van der Waals surface area (Å²) in [7, 11) is 1.86. The Hall–Kier alpha value is -1.69. The zero-order valence-electron chi connectivity index (χ0n) is 9.19. The van der Waals surface area contributed by atoms with Crippen LogP contribution in [0.1, 0.15) is 5.69 Å². The van der Waals surface area contributed by atoms with E-state index < -0.39 is 5.82 Å². The Morgan fingerprint density at radius 1 is 1.53 bits per heavy atom. The maximum atomic E-state index is 13.3. The predicted octanol–water partition coefficient (Wildman–Crippen LogP) is 1.66. The number of hydrogen-bond donors (Lipinski definition) is 1. The SMILES string of the molecule is Cn1nccc1CCNc1nc(Cl)ncc1F. The van der Waals surface area contributed by atoms with Crippen LogP contribution in [-0.4, -0.2) is 26.3 Å². The van der Waals surface area contributed by atoms with Crippen molar-refractivity contribution in [1.82, 2.24) is 19.7 Å². The maximum Gasteiger partial charge on any atom is 0.224 e. The number of aromatic nitrogens is 4. The molecule has 0 aliphatic heterocycles. The highest BCUT2D eigenvalue weighted by atomic mass is 35.5. The Kier molecular flexibility index (Phi) is 3.53. The summed E-state index contributed by atoms with van der Waals surface area (Å²) >= 11 is 5.58. The van der Waals surface area contributed by atoms with Crippen LogP contribution in [0.5, 0.6) is 0 Å². The molecular weight excluding hydrogens is 245 g/mol. The highest BCUT2D eigenvalue weighted by Gasteiger charge is 2.05. The molecule has 0 unspecified atom stereocenters. The molecule has 0 amide bonds. The summed E-state index contributed by atoms with van der Waals surface area (Å²) in [5.41, 5.74) is 1.05. The Labute approximate surface area is 103 Å². The third-order valence-corrected chi connectivity index (χ3v) is 2.49. The molecule has 2 aromatic rings. The summed E-state index contributed by atoms with van der Waals surface area (Å²) in [4.78, 5) is 7.30. The third kappa shape index (κ3) is 2.91. The Balaban J connectivity index is 1.94. The van der Waals surface area contributed by atoms with Crippen molar-refractivity contribution in [3.63, 3.8) is 0 Å². The maximum absolute atomic E-state index is 13.3. The highest BCUT2D eigenvalue weighted by molar-refractivity contribution is 6.28. The van der Waals surface area contributed by atoms with Gasteiger partial charge in [-0.3, -0.25) is 4.68 Å². The summed E-state index contributed by atoms with van der Waals surface area (Å²) in [6.45, 7) is 0.545. The van der Waals surface area contributed by atoms with Gasteiger partial charge in [-0.1, -0.05) is 0 Å². The number of nitrogens with one attached hydrogen (secondary N) is 1. The van der Waals surface area contributed by atoms with E-state index in [1.807, 2.05) is 13.1 Å². The van der Waals surface area contributed by atoms with Crippen LogP contribution in [0.15, 0.2) is 18.5 Å². The van der Waals surface area contributed by atoms with Crippen LogP contribution in [-0.2, 0) is 13.5 Å². The zero-order valence-corrected chi connectivity index (χ0v) is 9.95. The van der Waals surface area contributed by atoms with Gasteiger partial charge in [-0.25, -0.2) is 9.37 Å². The second kappa shape index (κ2) is 5.09. The topological polar surface area (TPSA) is 55.6 Å². The highest BCUT2D eigenvalue weighted by Crippen LogP contribution is 2.11. The zero-order chi connectivity index (χ0) is 12.3. The van der Waals surface area contributed by atoms with E-state index in [0.29, 0.717) is 6.54 Å². The third-order valence-electron chi connectivity index (χ3n) is 2.31. The van der Waals surface area contributed by atoms with Crippen LogP contribution in [0.4, 0.5) is 10.2 Å². The minimum Gasteiger partial charge on any atom is -0.367 e. The standard InChI is InChI=1S/C10H11ClFN5/c1-17-7(3-5-15-17)2-4-13-9-8(12)6-14-10(11)16-9/h3,5-6H,2,4H2,1H3,(H,13,14,16). The fraction of sp³-hybridized carbons (Fsp3) is 0.300. The van der Waals surface area contributed by atoms with Crippen molar-refractivity contribution in [2.75, 3.05) is 11.9 Å². The van der Waals surface area contributed by atoms with Crippen LogP contribution < -0.4 is 5.32 Å². The molecule has 0 spiro atoms. The number of anilines is 1. The lowest BCUT2D eigenvalue weighted by atomic mass is 10.3. The first-order valence-corrected chi connectivity index (χ1v) is 5.43. The van der Waals surface area contributed by atoms with Gasteiger partial charge in [0, 0.05) is 31.9 Å². The molecule has 2 heterocycles. The summed E-state index contributed by atoms with van der Waals surface area (Å²) in [5.74, 6) is -0.397. The first-order valence-electron chi connectivity index (χ1n) is 5.05. The number of aryl methyl sites for hydroxylation is 1. The monoisotopic (exact) mass is 255 g/mol. The number of nitrogens with zero attached hydrogens (tertiary/aromatic N) is 4. The van der Waals surface area contributed by atoms with Gasteiger partial charge in [0.05, 0.1) is 6.20 Å². The van der Waals surface area contributed by atoms with Crippen molar-refractivity contribution in [2.24, 2.45) is 7.05 Å². The van der Waals surface area contributed by atoms with E-state index in [1.54, 1.807) is 10.9 Å². The van der Waals surface area contributed by atoms with Gasteiger partial charge >= 0.3 is 0 Å². The molecular formula is C10H11ClFN5. The van der Waals surface area contributed by atoms with Gasteiger partial charge in [0.25, 0.3) is 0 Å². The van der Waals surface area contributed by atoms with E-state index in [4.69, 9.17) is 11.6 Å². The normalized spacial score (nSPS) is 10.5. The number of rotatable bonds is 4. The van der Waals surface area contributed by atoms with Crippen LogP contribution in [0.2, 0.25) is 5.28 Å². The van der Waals surface area contributed by atoms with Gasteiger partial charge < -0.3 is 5.32 Å². The average molecular weight is 256 g/mol. The van der Waals surface area contributed by atoms with Crippen molar-refractivity contribution in [3.05, 3.63) is 35.3 Å². The van der Waals surface area contributed by atoms with Crippen molar-refractivity contribution in [2.45, 2.75) is 6.42 Å². The minimum absolute atomic E-state index is 0.0226. The second-order valence-corrected chi connectivity index (χ2v) is 3.80. The van der Waals surface area contributed by atoms with Crippen molar-refractivity contribution >= 4 is 17.4 Å². The molecule has 0 atom stereocenters. The molecule has 7 heteroatoms. The molecule has 2 aromatic heterocycles. The van der Waals surface area contributed by atoms with Gasteiger partial charge in [-0.2, -0.15) is 10.1 Å². The predicted molar refractivity (Wildman–Crippen MR) is 62.4 cm³/mol. The van der Waals surface area contributed by atoms with Crippen LogP contribution in [0.25, 0.3) is 0 Å². The molecule has 1 N–H and O–H groups in total. The Morgan fingerprint density at radius 3 is 3.06 bits per heavy atom. The summed E-state index contributed by atoms with van der Waals surface area (Å²) in [5, 5.41) is 6.93. The van der Waals surface area contributed by atoms with Gasteiger partial charge in [-0.05, 0) is 17.7 Å². The first-order chi connectivity index (χ1) is 8.16. The number of hydrogen-bond acceptors (Lipinski definition) is 4. The lowest BCUT2D eigenvalue weighted by Gasteiger charge is -2.06. The molecule has 0 bridgehead atoms. The van der Waals surface area contributed by atoms with Crippen molar-refractivity contribution in [3.8, 4) is 0 Å². The van der Waals surface area contributed by atoms with Crippen molar-refractivity contribution in [1.29, 1.82) is 0 Å². The van der Waals surface area contributed by atoms with E-state index in [-0.39, 0.29) is 11.1 Å². The summed E-state index contributed by atoms with van der Waals surface area (Å²) in [6.07, 6.45) is 3.48. The fourth-order valence-electron chi connectivity index (χ4n) is 1.43.